The van der Waals surface area contributed by atoms with Crippen LogP contribution in [0.1, 0.15) is 17.0 Å². The summed E-state index contributed by atoms with van der Waals surface area (Å²) in [5.74, 6) is 0.408. The van der Waals surface area contributed by atoms with Crippen molar-refractivity contribution >= 4 is 23.2 Å². The van der Waals surface area contributed by atoms with Gasteiger partial charge in [0.25, 0.3) is 0 Å². The smallest absolute Gasteiger partial charge is 0.123 e. The van der Waals surface area contributed by atoms with Crippen molar-refractivity contribution in [2.75, 3.05) is 5.88 Å². The zero-order valence-corrected chi connectivity index (χ0v) is 11.3. The first-order valence-electron chi connectivity index (χ1n) is 5.75. The molecule has 0 N–H and O–H groups in total. The molecule has 0 spiro atoms. The molecule has 2 aromatic rings. The predicted molar refractivity (Wildman–Crippen MR) is 75.0 cm³/mol. The molecule has 1 unspecified atom stereocenters. The summed E-state index contributed by atoms with van der Waals surface area (Å²) < 4.78 is 12.8. The molecule has 0 saturated carbocycles. The molecule has 2 aromatic carbocycles. The Kier molecular flexibility index (Phi) is 4.62. The van der Waals surface area contributed by atoms with E-state index in [1.54, 1.807) is 12.1 Å². The van der Waals surface area contributed by atoms with Gasteiger partial charge >= 0.3 is 0 Å². The van der Waals surface area contributed by atoms with E-state index in [1.807, 2.05) is 24.3 Å². The number of alkyl halides is 1. The Bertz CT molecular complexity index is 508. The van der Waals surface area contributed by atoms with Gasteiger partial charge in [0.1, 0.15) is 5.82 Å². The van der Waals surface area contributed by atoms with E-state index in [-0.39, 0.29) is 11.7 Å². The van der Waals surface area contributed by atoms with Crippen LogP contribution in [0.5, 0.6) is 0 Å². The number of benzene rings is 2. The van der Waals surface area contributed by atoms with Crippen LogP contribution in [0, 0.1) is 5.82 Å². The first-order valence-corrected chi connectivity index (χ1v) is 6.67. The highest BCUT2D eigenvalue weighted by Crippen LogP contribution is 2.28. The van der Waals surface area contributed by atoms with Crippen LogP contribution in [0.25, 0.3) is 0 Å². The van der Waals surface area contributed by atoms with Crippen LogP contribution in [0.2, 0.25) is 5.02 Å². The summed E-state index contributed by atoms with van der Waals surface area (Å²) in [6.45, 7) is 0. The summed E-state index contributed by atoms with van der Waals surface area (Å²) in [6, 6.07) is 14.2. The molecule has 0 aromatic heterocycles. The molecule has 0 radical (unpaired) electrons. The first-order chi connectivity index (χ1) is 8.70. The third-order valence-corrected chi connectivity index (χ3v) is 3.64. The van der Waals surface area contributed by atoms with Crippen molar-refractivity contribution in [1.82, 2.24) is 0 Å². The van der Waals surface area contributed by atoms with Crippen molar-refractivity contribution in [3.8, 4) is 0 Å². The fourth-order valence-electron chi connectivity index (χ4n) is 1.96. The van der Waals surface area contributed by atoms with E-state index in [1.165, 1.54) is 12.1 Å². The minimum Gasteiger partial charge on any atom is -0.207 e. The van der Waals surface area contributed by atoms with Gasteiger partial charge in [-0.15, -0.1) is 11.6 Å². The first kappa shape index (κ1) is 13.4. The van der Waals surface area contributed by atoms with Gasteiger partial charge in [0, 0.05) is 16.8 Å². The molecule has 1 atom stereocenters. The number of hydrogen-bond acceptors (Lipinski definition) is 0. The average molecular weight is 283 g/mol. The normalized spacial score (nSPS) is 12.4. The minimum absolute atomic E-state index is 0.144. The molecule has 2 rings (SSSR count). The van der Waals surface area contributed by atoms with E-state index in [0.717, 1.165) is 22.6 Å². The Labute approximate surface area is 116 Å². The lowest BCUT2D eigenvalue weighted by molar-refractivity contribution is 0.626. The third kappa shape index (κ3) is 3.24. The monoisotopic (exact) mass is 282 g/mol. The number of halogens is 3. The molecular weight excluding hydrogens is 270 g/mol. The van der Waals surface area contributed by atoms with Gasteiger partial charge in [-0.3, -0.25) is 0 Å². The van der Waals surface area contributed by atoms with E-state index in [2.05, 4.69) is 0 Å². The second kappa shape index (κ2) is 6.21. The number of rotatable bonds is 4. The largest absolute Gasteiger partial charge is 0.207 e. The van der Waals surface area contributed by atoms with Crippen LogP contribution in [0.4, 0.5) is 4.39 Å². The maximum atomic E-state index is 12.8. The highest BCUT2D eigenvalue weighted by molar-refractivity contribution is 6.31. The zero-order chi connectivity index (χ0) is 13.0. The molecular formula is C15H13Cl2F. The van der Waals surface area contributed by atoms with E-state index in [9.17, 15) is 4.39 Å². The van der Waals surface area contributed by atoms with Crippen molar-refractivity contribution in [3.05, 3.63) is 70.5 Å². The molecule has 0 nitrogen and oxygen atoms in total. The maximum absolute atomic E-state index is 12.8. The quantitative estimate of drug-likeness (QED) is 0.689. The van der Waals surface area contributed by atoms with Crippen molar-refractivity contribution in [2.24, 2.45) is 0 Å². The Morgan fingerprint density at radius 2 is 1.67 bits per heavy atom. The summed E-state index contributed by atoms with van der Waals surface area (Å²) >= 11 is 12.2. The molecule has 0 aliphatic heterocycles. The van der Waals surface area contributed by atoms with Gasteiger partial charge in [0.15, 0.2) is 0 Å². The van der Waals surface area contributed by atoms with E-state index in [4.69, 9.17) is 23.2 Å². The molecule has 0 heterocycles. The Morgan fingerprint density at radius 1 is 1.00 bits per heavy atom. The molecule has 3 heteroatoms. The highest BCUT2D eigenvalue weighted by Gasteiger charge is 2.14. The molecule has 0 bridgehead atoms. The summed E-state index contributed by atoms with van der Waals surface area (Å²) in [5, 5.41) is 0.727. The highest BCUT2D eigenvalue weighted by atomic mass is 35.5. The van der Waals surface area contributed by atoms with E-state index in [0.29, 0.717) is 5.88 Å². The van der Waals surface area contributed by atoms with E-state index >= 15 is 0 Å². The van der Waals surface area contributed by atoms with Crippen LogP contribution in [0.3, 0.4) is 0 Å². The maximum Gasteiger partial charge on any atom is 0.123 e. The van der Waals surface area contributed by atoms with Crippen molar-refractivity contribution in [2.45, 2.75) is 12.3 Å². The van der Waals surface area contributed by atoms with Crippen LogP contribution >= 0.6 is 23.2 Å². The van der Waals surface area contributed by atoms with Crippen LogP contribution < -0.4 is 0 Å². The SMILES string of the molecule is Fc1ccc(CC(CCl)c2ccccc2Cl)cc1. The van der Waals surface area contributed by atoms with Gasteiger partial charge < -0.3 is 0 Å². The molecule has 0 amide bonds. The fourth-order valence-corrected chi connectivity index (χ4v) is 2.52. The Morgan fingerprint density at radius 3 is 2.28 bits per heavy atom. The standard InChI is InChI=1S/C15H13Cl2F/c16-10-12(14-3-1-2-4-15(14)17)9-11-5-7-13(18)8-6-11/h1-8,12H,9-10H2. The lowest BCUT2D eigenvalue weighted by atomic mass is 9.93. The van der Waals surface area contributed by atoms with Crippen LogP contribution in [-0.4, -0.2) is 5.88 Å². The lowest BCUT2D eigenvalue weighted by Crippen LogP contribution is -2.05. The van der Waals surface area contributed by atoms with Gasteiger partial charge in [-0.1, -0.05) is 41.9 Å². The third-order valence-electron chi connectivity index (χ3n) is 2.93. The summed E-state index contributed by atoms with van der Waals surface area (Å²) in [4.78, 5) is 0. The molecule has 0 aliphatic rings. The molecule has 0 saturated heterocycles. The predicted octanol–water partition coefficient (Wildman–Crippen LogP) is 5.04. The molecule has 94 valence electrons. The average Bonchev–Trinajstić information content (AvgIpc) is 2.39. The van der Waals surface area contributed by atoms with E-state index < -0.39 is 0 Å². The van der Waals surface area contributed by atoms with Crippen LogP contribution in [-0.2, 0) is 6.42 Å². The zero-order valence-electron chi connectivity index (χ0n) is 9.74. The van der Waals surface area contributed by atoms with Gasteiger partial charge in [-0.2, -0.15) is 0 Å². The van der Waals surface area contributed by atoms with Crippen molar-refractivity contribution in [3.63, 3.8) is 0 Å². The summed E-state index contributed by atoms with van der Waals surface area (Å²) in [7, 11) is 0. The lowest BCUT2D eigenvalue weighted by Gasteiger charge is -2.16. The number of hydrogen-bond donors (Lipinski definition) is 0. The summed E-state index contributed by atoms with van der Waals surface area (Å²) in [5.41, 5.74) is 2.10. The van der Waals surface area contributed by atoms with Crippen molar-refractivity contribution < 1.29 is 4.39 Å². The van der Waals surface area contributed by atoms with Crippen LogP contribution in [0.15, 0.2) is 48.5 Å². The van der Waals surface area contributed by atoms with Crippen molar-refractivity contribution in [1.29, 1.82) is 0 Å². The summed E-state index contributed by atoms with van der Waals surface area (Å²) in [6.07, 6.45) is 0.757. The van der Waals surface area contributed by atoms with Gasteiger partial charge in [0.2, 0.25) is 0 Å². The van der Waals surface area contributed by atoms with Gasteiger partial charge in [-0.05, 0) is 35.7 Å². The minimum atomic E-state index is -0.223. The molecule has 18 heavy (non-hydrogen) atoms. The van der Waals surface area contributed by atoms with Gasteiger partial charge in [-0.25, -0.2) is 4.39 Å². The fraction of sp³-hybridized carbons (Fsp3) is 0.200. The Hall–Kier alpha value is -1.05. The Balaban J connectivity index is 2.20. The second-order valence-corrected chi connectivity index (χ2v) is 4.92. The molecule has 0 aliphatic carbocycles. The molecule has 0 fully saturated rings. The topological polar surface area (TPSA) is 0 Å². The van der Waals surface area contributed by atoms with Gasteiger partial charge in [0.05, 0.1) is 0 Å². The second-order valence-electron chi connectivity index (χ2n) is 4.20.